The lowest BCUT2D eigenvalue weighted by Gasteiger charge is -2.15. The van der Waals surface area contributed by atoms with E-state index in [1.165, 1.54) is 11.2 Å². The topological polar surface area (TPSA) is 118 Å². The van der Waals surface area contributed by atoms with Gasteiger partial charge >= 0.3 is 5.97 Å². The summed E-state index contributed by atoms with van der Waals surface area (Å²) in [7, 11) is 1.16. The first kappa shape index (κ1) is 16.5. The van der Waals surface area contributed by atoms with Crippen molar-refractivity contribution in [3.05, 3.63) is 24.2 Å². The lowest BCUT2D eigenvalue weighted by atomic mass is 10.1. The van der Waals surface area contributed by atoms with Crippen LogP contribution in [-0.4, -0.2) is 42.2 Å². The molecule has 0 radical (unpaired) electrons. The van der Waals surface area contributed by atoms with Gasteiger partial charge in [0.05, 0.1) is 25.8 Å². The van der Waals surface area contributed by atoms with Crippen LogP contribution >= 0.6 is 0 Å². The van der Waals surface area contributed by atoms with Crippen molar-refractivity contribution in [1.82, 2.24) is 15.8 Å². The minimum absolute atomic E-state index is 0.0550. The summed E-state index contributed by atoms with van der Waals surface area (Å²) < 4.78 is 9.50. The van der Waals surface area contributed by atoms with E-state index in [4.69, 9.17) is 4.42 Å². The fourth-order valence-electron chi connectivity index (χ4n) is 2.17. The molecule has 3 amide bonds. The zero-order valence-corrected chi connectivity index (χ0v) is 12.5. The number of esters is 1. The number of likely N-dealkylation sites (tertiary alicyclic amines) is 1. The molecule has 2 heterocycles. The first-order chi connectivity index (χ1) is 11.0. The fourth-order valence-corrected chi connectivity index (χ4v) is 2.17. The fraction of sp³-hybridized carbons (Fsp3) is 0.429. The van der Waals surface area contributed by atoms with Crippen molar-refractivity contribution in [2.45, 2.75) is 19.4 Å². The highest BCUT2D eigenvalue weighted by molar-refractivity contribution is 5.95. The van der Waals surface area contributed by atoms with Gasteiger partial charge in [0.15, 0.2) is 0 Å². The molecule has 1 aromatic rings. The molecule has 1 saturated heterocycles. The average Bonchev–Trinajstić information content (AvgIpc) is 3.15. The number of rotatable bonds is 5. The van der Waals surface area contributed by atoms with Gasteiger partial charge in [-0.25, -0.2) is 0 Å². The molecule has 1 fully saturated rings. The van der Waals surface area contributed by atoms with E-state index < -0.39 is 30.1 Å². The number of carbonyl (C=O) groups excluding carboxylic acids is 4. The van der Waals surface area contributed by atoms with E-state index in [-0.39, 0.29) is 18.9 Å². The summed E-state index contributed by atoms with van der Waals surface area (Å²) in [6, 6.07) is 3.46. The van der Waals surface area contributed by atoms with Crippen LogP contribution in [0.4, 0.5) is 0 Å². The molecule has 1 unspecified atom stereocenters. The van der Waals surface area contributed by atoms with Crippen molar-refractivity contribution < 1.29 is 28.3 Å². The summed E-state index contributed by atoms with van der Waals surface area (Å²) >= 11 is 0. The van der Waals surface area contributed by atoms with Gasteiger partial charge in [-0.1, -0.05) is 0 Å². The highest BCUT2D eigenvalue weighted by atomic mass is 16.5. The predicted octanol–water partition coefficient (Wildman–Crippen LogP) is -0.661. The van der Waals surface area contributed by atoms with Gasteiger partial charge < -0.3 is 14.1 Å². The summed E-state index contributed by atoms with van der Waals surface area (Å²) in [5.41, 5.74) is 4.32. The second-order valence-electron chi connectivity index (χ2n) is 5.05. The zero-order chi connectivity index (χ0) is 16.8. The van der Waals surface area contributed by atoms with Crippen LogP contribution in [0.1, 0.15) is 18.6 Å². The van der Waals surface area contributed by atoms with Crippen LogP contribution in [0.15, 0.2) is 22.8 Å². The quantitative estimate of drug-likeness (QED) is 0.422. The third-order valence-corrected chi connectivity index (χ3v) is 3.37. The summed E-state index contributed by atoms with van der Waals surface area (Å²) in [5.74, 6) is -2.00. The van der Waals surface area contributed by atoms with E-state index in [2.05, 4.69) is 15.6 Å². The smallest absolute Gasteiger partial charge is 0.315 e. The van der Waals surface area contributed by atoms with Crippen molar-refractivity contribution in [2.75, 3.05) is 13.7 Å². The number of hydrazine groups is 1. The van der Waals surface area contributed by atoms with Crippen molar-refractivity contribution in [3.8, 4) is 0 Å². The molecule has 2 rings (SSSR count). The summed E-state index contributed by atoms with van der Waals surface area (Å²) in [4.78, 5) is 47.6. The number of nitrogens with zero attached hydrogens (tertiary/aromatic N) is 1. The molecule has 0 saturated carbocycles. The van der Waals surface area contributed by atoms with Gasteiger partial charge in [-0.15, -0.1) is 0 Å². The number of furan rings is 1. The summed E-state index contributed by atoms with van der Waals surface area (Å²) in [6.45, 7) is 0.530. The third kappa shape index (κ3) is 4.56. The lowest BCUT2D eigenvalue weighted by Crippen LogP contribution is -2.45. The third-order valence-electron chi connectivity index (χ3n) is 3.37. The van der Waals surface area contributed by atoms with Gasteiger partial charge in [0.1, 0.15) is 12.2 Å². The number of methoxy groups -OCH3 is 1. The molecule has 1 aromatic heterocycles. The van der Waals surface area contributed by atoms with E-state index >= 15 is 0 Å². The molecular formula is C14H17N3O6. The Labute approximate surface area is 131 Å². The van der Waals surface area contributed by atoms with E-state index in [1.807, 2.05) is 0 Å². The van der Waals surface area contributed by atoms with E-state index in [0.717, 1.165) is 7.11 Å². The van der Waals surface area contributed by atoms with Gasteiger partial charge in [0, 0.05) is 13.0 Å². The molecule has 9 heteroatoms. The van der Waals surface area contributed by atoms with Gasteiger partial charge in [-0.3, -0.25) is 30.0 Å². The van der Waals surface area contributed by atoms with Crippen LogP contribution in [0.3, 0.4) is 0 Å². The number of hydrogen-bond donors (Lipinski definition) is 2. The molecule has 0 aliphatic carbocycles. The summed E-state index contributed by atoms with van der Waals surface area (Å²) in [5, 5.41) is 0. The van der Waals surface area contributed by atoms with Gasteiger partial charge in [0.2, 0.25) is 17.7 Å². The van der Waals surface area contributed by atoms with Crippen LogP contribution in [0.2, 0.25) is 0 Å². The SMILES string of the molecule is COC(=O)CC(=O)NNC(=O)C1CC(=O)N(Cc2ccco2)C1. The molecule has 2 N–H and O–H groups in total. The van der Waals surface area contributed by atoms with Gasteiger partial charge in [0.25, 0.3) is 0 Å². The normalized spacial score (nSPS) is 17.0. The van der Waals surface area contributed by atoms with Crippen LogP contribution in [-0.2, 0) is 30.5 Å². The molecule has 0 aromatic carbocycles. The maximum atomic E-state index is 12.0. The first-order valence-corrected chi connectivity index (χ1v) is 6.95. The standard InChI is InChI=1S/C14H17N3O6/c1-22-13(20)6-11(18)15-16-14(21)9-5-12(19)17(7-9)8-10-3-2-4-23-10/h2-4,9H,5-8H2,1H3,(H,15,18)(H,16,21). The van der Waals surface area contributed by atoms with Crippen molar-refractivity contribution in [1.29, 1.82) is 0 Å². The Morgan fingerprint density at radius 3 is 2.83 bits per heavy atom. The maximum absolute atomic E-state index is 12.0. The molecule has 0 bridgehead atoms. The highest BCUT2D eigenvalue weighted by Crippen LogP contribution is 2.20. The predicted molar refractivity (Wildman–Crippen MR) is 75.2 cm³/mol. The number of ether oxygens (including phenoxy) is 1. The molecule has 23 heavy (non-hydrogen) atoms. The molecule has 1 aliphatic rings. The molecule has 1 aliphatic heterocycles. The first-order valence-electron chi connectivity index (χ1n) is 6.95. The van der Waals surface area contributed by atoms with Crippen molar-refractivity contribution in [2.24, 2.45) is 5.92 Å². The lowest BCUT2D eigenvalue weighted by molar-refractivity contribution is -0.144. The second-order valence-corrected chi connectivity index (χ2v) is 5.05. The van der Waals surface area contributed by atoms with Crippen LogP contribution in [0, 0.1) is 5.92 Å². The van der Waals surface area contributed by atoms with E-state index in [1.54, 1.807) is 12.1 Å². The number of amides is 3. The van der Waals surface area contributed by atoms with Gasteiger partial charge in [-0.2, -0.15) is 0 Å². The van der Waals surface area contributed by atoms with Crippen LogP contribution in [0.25, 0.3) is 0 Å². The maximum Gasteiger partial charge on any atom is 0.315 e. The van der Waals surface area contributed by atoms with Crippen LogP contribution < -0.4 is 10.9 Å². The molecule has 9 nitrogen and oxygen atoms in total. The molecule has 0 spiro atoms. The van der Waals surface area contributed by atoms with Crippen LogP contribution in [0.5, 0.6) is 0 Å². The second kappa shape index (κ2) is 7.43. The number of carbonyl (C=O) groups is 4. The van der Waals surface area contributed by atoms with E-state index in [9.17, 15) is 19.2 Å². The van der Waals surface area contributed by atoms with Crippen molar-refractivity contribution >= 4 is 23.7 Å². The largest absolute Gasteiger partial charge is 0.469 e. The van der Waals surface area contributed by atoms with E-state index in [0.29, 0.717) is 12.3 Å². The Morgan fingerprint density at radius 2 is 2.17 bits per heavy atom. The Morgan fingerprint density at radius 1 is 1.39 bits per heavy atom. The molecular weight excluding hydrogens is 306 g/mol. The minimum Gasteiger partial charge on any atom is -0.469 e. The Balaban J connectivity index is 1.78. The number of hydrogen-bond acceptors (Lipinski definition) is 6. The van der Waals surface area contributed by atoms with Crippen molar-refractivity contribution in [3.63, 3.8) is 0 Å². The minimum atomic E-state index is -0.711. The molecule has 124 valence electrons. The Hall–Kier alpha value is -2.84. The summed E-state index contributed by atoms with van der Waals surface area (Å²) in [6.07, 6.45) is 1.07. The highest BCUT2D eigenvalue weighted by Gasteiger charge is 2.34. The Kier molecular flexibility index (Phi) is 5.34. The Bertz CT molecular complexity index is 598. The number of nitrogens with one attached hydrogen (secondary N) is 2. The molecule has 1 atom stereocenters. The monoisotopic (exact) mass is 323 g/mol. The zero-order valence-electron chi connectivity index (χ0n) is 12.5. The average molecular weight is 323 g/mol. The van der Waals surface area contributed by atoms with Gasteiger partial charge in [-0.05, 0) is 12.1 Å².